The second-order valence-corrected chi connectivity index (χ2v) is 15.1. The Morgan fingerprint density at radius 2 is 2.02 bits per heavy atom. The Balaban J connectivity index is 1.20. The first-order valence-corrected chi connectivity index (χ1v) is 17.4. The van der Waals surface area contributed by atoms with E-state index in [2.05, 4.69) is 24.9 Å². The van der Waals surface area contributed by atoms with Gasteiger partial charge in [0, 0.05) is 41.6 Å². The molecule has 3 aliphatic carbocycles. The molecule has 5 aliphatic rings. The van der Waals surface area contributed by atoms with Crippen molar-refractivity contribution in [3.8, 4) is 23.5 Å². The molecule has 0 bridgehead atoms. The molecule has 2 aliphatic heterocycles. The fourth-order valence-corrected chi connectivity index (χ4v) is 10.3. The lowest BCUT2D eigenvalue weighted by Crippen LogP contribution is -2.40. The van der Waals surface area contributed by atoms with Crippen molar-refractivity contribution in [1.82, 2.24) is 29.2 Å². The maximum Gasteiger partial charge on any atom is 0.330 e. The summed E-state index contributed by atoms with van der Waals surface area (Å²) in [5.41, 5.74) is 10.3. The molecule has 6 heterocycles. The lowest BCUT2D eigenvalue weighted by atomic mass is 9.62. The zero-order valence-corrected chi connectivity index (χ0v) is 27.2. The van der Waals surface area contributed by atoms with Crippen LogP contribution >= 0.6 is 11.3 Å². The van der Waals surface area contributed by atoms with E-state index in [1.807, 2.05) is 0 Å². The molecule has 0 aromatic carbocycles. The number of rotatable bonds is 5. The summed E-state index contributed by atoms with van der Waals surface area (Å²) in [6, 6.07) is 3.18. The number of nitrogens with two attached hydrogens (primary N) is 1. The van der Waals surface area contributed by atoms with Crippen molar-refractivity contribution in [3.63, 3.8) is 0 Å². The van der Waals surface area contributed by atoms with Crippen LogP contribution in [-0.4, -0.2) is 67.6 Å². The molecule has 6 atom stereocenters. The number of hydrogen-bond acceptors (Lipinski definition) is 11. The summed E-state index contributed by atoms with van der Waals surface area (Å²) in [6.07, 6.45) is 8.29. The minimum atomic E-state index is -0.427. The first-order valence-electron chi connectivity index (χ1n) is 16.6. The maximum atomic E-state index is 13.7. The SMILES string of the molecule is C[C@H](Oc1nc(-c2onc3c2CCC[C@@]32CCCc3sc(N)c(C#N)c32)nc2c1n(C)c(=O)n2[C@@H]1CCOC1)[C@@H]1C[C@@H]2C[C@@H]2N1C. The second kappa shape index (κ2) is 10.1. The number of thiophene rings is 1. The van der Waals surface area contributed by atoms with Gasteiger partial charge in [-0.3, -0.25) is 14.0 Å². The average molecular weight is 643 g/mol. The van der Waals surface area contributed by atoms with Crippen LogP contribution in [0.15, 0.2) is 9.32 Å². The standard InChI is InChI=1S/C33H38N8O4S/c1-16(21-12-17-13-22(17)39(21)2)44-31-25-30(41(32(42)40(25)3)18-8-11-43-15-18)36-29(37-31)26-19-6-4-9-33(27(19)38-45-26)10-5-7-23-24(33)20(14-34)28(35)46-23/h16-18,21-22H,4-13,15,35H2,1-3H3/t16-,17+,18+,21-,22-,33-/m0/s1. The van der Waals surface area contributed by atoms with Gasteiger partial charge in [-0.1, -0.05) is 5.16 Å². The van der Waals surface area contributed by atoms with Crippen molar-refractivity contribution < 1.29 is 14.0 Å². The number of fused-ring (bicyclic) bond motifs is 6. The van der Waals surface area contributed by atoms with Crippen LogP contribution in [0.3, 0.4) is 0 Å². The Labute approximate surface area is 270 Å². The largest absolute Gasteiger partial charge is 0.471 e. The Morgan fingerprint density at radius 3 is 2.76 bits per heavy atom. The van der Waals surface area contributed by atoms with Crippen LogP contribution in [0.2, 0.25) is 0 Å². The van der Waals surface area contributed by atoms with Gasteiger partial charge in [0.25, 0.3) is 0 Å². The third-order valence-electron chi connectivity index (χ3n) is 11.6. The molecule has 12 nitrogen and oxygen atoms in total. The lowest BCUT2D eigenvalue weighted by Gasteiger charge is -2.39. The first kappa shape index (κ1) is 28.5. The third-order valence-corrected chi connectivity index (χ3v) is 12.6. The van der Waals surface area contributed by atoms with Gasteiger partial charge in [0.2, 0.25) is 17.5 Å². The quantitative estimate of drug-likeness (QED) is 0.337. The van der Waals surface area contributed by atoms with Crippen molar-refractivity contribution in [3.05, 3.63) is 37.7 Å². The summed E-state index contributed by atoms with van der Waals surface area (Å²) in [5.74, 6) is 1.99. The molecule has 240 valence electrons. The zero-order valence-electron chi connectivity index (χ0n) is 26.4. The van der Waals surface area contributed by atoms with Crippen molar-refractivity contribution in [1.29, 1.82) is 5.26 Å². The van der Waals surface area contributed by atoms with E-state index in [0.29, 0.717) is 58.4 Å². The molecule has 0 unspecified atom stereocenters. The number of likely N-dealkylation sites (N-methyl/N-ethyl adjacent to an activating group) is 1. The third kappa shape index (κ3) is 3.89. The summed E-state index contributed by atoms with van der Waals surface area (Å²) in [5, 5.41) is 15.4. The lowest BCUT2D eigenvalue weighted by molar-refractivity contribution is 0.103. The van der Waals surface area contributed by atoms with Crippen molar-refractivity contribution in [2.45, 2.75) is 94.4 Å². The minimum Gasteiger partial charge on any atom is -0.471 e. The Bertz CT molecular complexity index is 1990. The highest BCUT2D eigenvalue weighted by molar-refractivity contribution is 7.16. The number of imidazole rings is 1. The molecular formula is C33H38N8O4S. The smallest absolute Gasteiger partial charge is 0.330 e. The number of likely N-dealkylation sites (tertiary alicyclic amines) is 1. The van der Waals surface area contributed by atoms with Crippen LogP contribution in [0.1, 0.15) is 85.2 Å². The molecule has 4 aromatic rings. The predicted octanol–water partition coefficient (Wildman–Crippen LogP) is 4.08. The molecule has 46 heavy (non-hydrogen) atoms. The van der Waals surface area contributed by atoms with Crippen LogP contribution in [0.5, 0.6) is 5.88 Å². The summed E-state index contributed by atoms with van der Waals surface area (Å²) < 4.78 is 22.0. The van der Waals surface area contributed by atoms with Gasteiger partial charge in [-0.15, -0.1) is 11.3 Å². The summed E-state index contributed by atoms with van der Waals surface area (Å²) in [4.78, 5) is 27.4. The van der Waals surface area contributed by atoms with E-state index in [1.165, 1.54) is 22.6 Å². The van der Waals surface area contributed by atoms with Gasteiger partial charge in [-0.05, 0) is 83.2 Å². The van der Waals surface area contributed by atoms with E-state index in [9.17, 15) is 10.1 Å². The van der Waals surface area contributed by atoms with Gasteiger partial charge >= 0.3 is 5.69 Å². The van der Waals surface area contributed by atoms with Crippen molar-refractivity contribution >= 4 is 27.5 Å². The van der Waals surface area contributed by atoms with Gasteiger partial charge in [0.05, 0.1) is 23.9 Å². The van der Waals surface area contributed by atoms with Gasteiger partial charge in [-0.2, -0.15) is 10.2 Å². The Morgan fingerprint density at radius 1 is 1.20 bits per heavy atom. The predicted molar refractivity (Wildman–Crippen MR) is 171 cm³/mol. The molecule has 4 aromatic heterocycles. The van der Waals surface area contributed by atoms with E-state index in [1.54, 1.807) is 16.2 Å². The molecule has 1 saturated carbocycles. The number of aryl methyl sites for hydroxylation is 2. The number of piperidine rings is 1. The fraction of sp³-hybridized carbons (Fsp3) is 0.606. The second-order valence-electron chi connectivity index (χ2n) is 14.0. The molecule has 3 fully saturated rings. The van der Waals surface area contributed by atoms with Crippen LogP contribution < -0.4 is 16.2 Å². The van der Waals surface area contributed by atoms with E-state index >= 15 is 0 Å². The van der Waals surface area contributed by atoms with E-state index in [0.717, 1.165) is 74.1 Å². The van der Waals surface area contributed by atoms with Gasteiger partial charge < -0.3 is 19.7 Å². The number of ether oxygens (including phenoxy) is 2. The highest BCUT2D eigenvalue weighted by atomic mass is 32.1. The molecule has 0 amide bonds. The van der Waals surface area contributed by atoms with Crippen LogP contribution in [0.25, 0.3) is 22.7 Å². The number of hydrogen-bond donors (Lipinski definition) is 1. The average Bonchev–Trinajstić information content (AvgIpc) is 3.52. The normalized spacial score (nSPS) is 29.1. The number of anilines is 1. The van der Waals surface area contributed by atoms with Gasteiger partial charge in [-0.25, -0.2) is 9.78 Å². The highest BCUT2D eigenvalue weighted by Gasteiger charge is 2.52. The zero-order chi connectivity index (χ0) is 31.5. The molecular weight excluding hydrogens is 604 g/mol. The van der Waals surface area contributed by atoms with E-state index in [4.69, 9.17) is 34.9 Å². The fourth-order valence-electron chi connectivity index (χ4n) is 9.19. The molecule has 9 rings (SSSR count). The number of nitrogen functional groups attached to an aromatic ring is 1. The number of nitrogens with zero attached hydrogens (tertiary/aromatic N) is 7. The van der Waals surface area contributed by atoms with Gasteiger partial charge in [0.1, 0.15) is 17.2 Å². The topological polar surface area (TPSA) is 150 Å². The molecule has 13 heteroatoms. The molecule has 0 radical (unpaired) electrons. The first-order chi connectivity index (χ1) is 22.3. The summed E-state index contributed by atoms with van der Waals surface area (Å²) >= 11 is 1.53. The minimum absolute atomic E-state index is 0.127. The Kier molecular flexibility index (Phi) is 6.28. The molecule has 2 saturated heterocycles. The summed E-state index contributed by atoms with van der Waals surface area (Å²) in [7, 11) is 3.94. The van der Waals surface area contributed by atoms with Crippen molar-refractivity contribution in [2.24, 2.45) is 13.0 Å². The molecule has 2 N–H and O–H groups in total. The monoisotopic (exact) mass is 642 g/mol. The van der Waals surface area contributed by atoms with Crippen molar-refractivity contribution in [2.75, 3.05) is 26.0 Å². The van der Waals surface area contributed by atoms with Crippen LogP contribution in [-0.2, 0) is 30.0 Å². The van der Waals surface area contributed by atoms with E-state index in [-0.39, 0.29) is 23.9 Å². The number of nitriles is 1. The Hall–Kier alpha value is -3.73. The maximum absolute atomic E-state index is 13.7. The van der Waals surface area contributed by atoms with Gasteiger partial charge in [0.15, 0.2) is 11.2 Å². The number of aromatic nitrogens is 5. The summed E-state index contributed by atoms with van der Waals surface area (Å²) in [6.45, 7) is 3.15. The van der Waals surface area contributed by atoms with Crippen LogP contribution in [0, 0.1) is 17.2 Å². The molecule has 1 spiro atoms. The van der Waals surface area contributed by atoms with Crippen LogP contribution in [0.4, 0.5) is 5.00 Å². The highest BCUT2D eigenvalue weighted by Crippen LogP contribution is 2.55. The van der Waals surface area contributed by atoms with E-state index < -0.39 is 5.41 Å².